The van der Waals surface area contributed by atoms with Crippen LogP contribution in [0, 0.1) is 0 Å². The minimum absolute atomic E-state index is 0.315. The van der Waals surface area contributed by atoms with Crippen molar-refractivity contribution in [2.75, 3.05) is 17.6 Å². The summed E-state index contributed by atoms with van der Waals surface area (Å²) in [7, 11) is 0. The quantitative estimate of drug-likeness (QED) is 0.791. The number of aromatic nitrogens is 2. The smallest absolute Gasteiger partial charge is 0.222 e. The number of para-hydroxylation sites is 1. The fraction of sp³-hybridized carbons (Fsp3) is 0.231. The number of fused-ring (bicyclic) bond motifs is 1. The Bertz CT molecular complexity index is 614. The molecular weight excluding hydrogens is 306 g/mol. The van der Waals surface area contributed by atoms with Gasteiger partial charge in [-0.3, -0.25) is 0 Å². The van der Waals surface area contributed by atoms with Gasteiger partial charge in [-0.1, -0.05) is 12.1 Å². The molecule has 1 aromatic carbocycles. The lowest BCUT2D eigenvalue weighted by atomic mass is 10.1. The van der Waals surface area contributed by atoms with Crippen LogP contribution in [0.25, 0.3) is 0 Å². The van der Waals surface area contributed by atoms with Crippen LogP contribution < -0.4 is 16.4 Å². The van der Waals surface area contributed by atoms with Crippen LogP contribution in [-0.4, -0.2) is 16.5 Å². The molecule has 2 aromatic rings. The molecule has 5 nitrogen and oxygen atoms in total. The molecule has 1 aliphatic heterocycles. The second-order valence-corrected chi connectivity index (χ2v) is 5.24. The Morgan fingerprint density at radius 1 is 1.26 bits per heavy atom. The third-order valence-electron chi connectivity index (χ3n) is 3.08. The van der Waals surface area contributed by atoms with Gasteiger partial charge in [-0.25, -0.2) is 4.98 Å². The molecule has 1 aliphatic rings. The van der Waals surface area contributed by atoms with E-state index in [4.69, 9.17) is 5.73 Å². The maximum atomic E-state index is 5.78. The molecule has 19 heavy (non-hydrogen) atoms. The van der Waals surface area contributed by atoms with Crippen molar-refractivity contribution in [2.45, 2.75) is 13.0 Å². The molecule has 0 spiro atoms. The van der Waals surface area contributed by atoms with Crippen molar-refractivity contribution in [2.24, 2.45) is 0 Å². The van der Waals surface area contributed by atoms with E-state index in [1.54, 1.807) is 0 Å². The molecule has 4 N–H and O–H groups in total. The summed E-state index contributed by atoms with van der Waals surface area (Å²) in [6.45, 7) is 1.69. The molecule has 0 aliphatic carbocycles. The largest absolute Gasteiger partial charge is 0.368 e. The number of nitrogens with one attached hydrogen (secondary N) is 2. The number of halogens is 1. The summed E-state index contributed by atoms with van der Waals surface area (Å²) >= 11 is 3.52. The standard InChI is InChI=1S/C13H14BrN5/c14-9-3-1-2-4-11(9)17-12-8-7-16-6-5-10(8)18-13(15)19-12/h1-4,16H,5-7H2,(H3,15,17,18,19). The van der Waals surface area contributed by atoms with E-state index in [2.05, 4.69) is 36.5 Å². The summed E-state index contributed by atoms with van der Waals surface area (Å²) in [5.74, 6) is 1.09. The van der Waals surface area contributed by atoms with Gasteiger partial charge in [0.1, 0.15) is 5.82 Å². The normalized spacial score (nSPS) is 13.9. The van der Waals surface area contributed by atoms with E-state index >= 15 is 0 Å². The van der Waals surface area contributed by atoms with Gasteiger partial charge in [0.2, 0.25) is 5.95 Å². The van der Waals surface area contributed by atoms with E-state index in [0.717, 1.165) is 46.7 Å². The van der Waals surface area contributed by atoms with Crippen molar-refractivity contribution < 1.29 is 0 Å². The molecule has 0 radical (unpaired) electrons. The number of benzene rings is 1. The molecule has 1 aromatic heterocycles. The Kier molecular flexibility index (Phi) is 3.35. The lowest BCUT2D eigenvalue weighted by Crippen LogP contribution is -2.26. The summed E-state index contributed by atoms with van der Waals surface area (Å²) in [4.78, 5) is 8.63. The number of nitrogens with zero attached hydrogens (tertiary/aromatic N) is 2. The summed E-state index contributed by atoms with van der Waals surface area (Å²) in [5, 5.41) is 6.65. The third-order valence-corrected chi connectivity index (χ3v) is 3.77. The van der Waals surface area contributed by atoms with Crippen molar-refractivity contribution in [1.82, 2.24) is 15.3 Å². The second kappa shape index (κ2) is 5.14. The van der Waals surface area contributed by atoms with Crippen LogP contribution in [0.4, 0.5) is 17.5 Å². The SMILES string of the molecule is Nc1nc2c(c(Nc3ccccc3Br)n1)CNCC2. The molecule has 0 saturated carbocycles. The molecule has 0 amide bonds. The minimum Gasteiger partial charge on any atom is -0.368 e. The Morgan fingerprint density at radius 2 is 2.11 bits per heavy atom. The fourth-order valence-corrected chi connectivity index (χ4v) is 2.54. The number of hydrogen-bond donors (Lipinski definition) is 3. The van der Waals surface area contributed by atoms with E-state index in [1.807, 2.05) is 24.3 Å². The van der Waals surface area contributed by atoms with Gasteiger partial charge in [0.15, 0.2) is 0 Å². The molecule has 0 unspecified atom stereocenters. The van der Waals surface area contributed by atoms with Gasteiger partial charge in [0, 0.05) is 29.5 Å². The van der Waals surface area contributed by atoms with Gasteiger partial charge in [-0.15, -0.1) is 0 Å². The van der Waals surface area contributed by atoms with E-state index in [-0.39, 0.29) is 0 Å². The van der Waals surface area contributed by atoms with Crippen LogP contribution in [0.15, 0.2) is 28.7 Å². The van der Waals surface area contributed by atoms with Crippen LogP contribution in [0.5, 0.6) is 0 Å². The Hall–Kier alpha value is -1.66. The highest BCUT2D eigenvalue weighted by molar-refractivity contribution is 9.10. The van der Waals surface area contributed by atoms with Crippen LogP contribution in [-0.2, 0) is 13.0 Å². The van der Waals surface area contributed by atoms with Crippen LogP contribution in [0.2, 0.25) is 0 Å². The second-order valence-electron chi connectivity index (χ2n) is 4.39. The van der Waals surface area contributed by atoms with Crippen LogP contribution in [0.3, 0.4) is 0 Å². The summed E-state index contributed by atoms with van der Waals surface area (Å²) in [6, 6.07) is 7.92. The van der Waals surface area contributed by atoms with E-state index < -0.39 is 0 Å². The van der Waals surface area contributed by atoms with Gasteiger partial charge in [-0.05, 0) is 28.1 Å². The fourth-order valence-electron chi connectivity index (χ4n) is 2.16. The van der Waals surface area contributed by atoms with Gasteiger partial charge < -0.3 is 16.4 Å². The van der Waals surface area contributed by atoms with Crippen molar-refractivity contribution >= 4 is 33.4 Å². The van der Waals surface area contributed by atoms with Crippen molar-refractivity contribution in [1.29, 1.82) is 0 Å². The van der Waals surface area contributed by atoms with Crippen molar-refractivity contribution in [3.63, 3.8) is 0 Å². The number of hydrogen-bond acceptors (Lipinski definition) is 5. The first kappa shape index (κ1) is 12.4. The molecular formula is C13H14BrN5. The molecule has 6 heteroatoms. The monoisotopic (exact) mass is 319 g/mol. The summed E-state index contributed by atoms with van der Waals surface area (Å²) in [5.41, 5.74) is 8.87. The molecule has 0 saturated heterocycles. The molecule has 98 valence electrons. The summed E-state index contributed by atoms with van der Waals surface area (Å²) < 4.78 is 0.990. The summed E-state index contributed by atoms with van der Waals surface area (Å²) in [6.07, 6.45) is 0.882. The predicted molar refractivity (Wildman–Crippen MR) is 79.3 cm³/mol. The molecule has 0 fully saturated rings. The third kappa shape index (κ3) is 2.54. The van der Waals surface area contributed by atoms with Gasteiger partial charge in [0.25, 0.3) is 0 Å². The first-order valence-electron chi connectivity index (χ1n) is 6.11. The van der Waals surface area contributed by atoms with Crippen molar-refractivity contribution in [3.8, 4) is 0 Å². The molecule has 3 rings (SSSR count). The van der Waals surface area contributed by atoms with Crippen LogP contribution >= 0.6 is 15.9 Å². The predicted octanol–water partition coefficient (Wildman–Crippen LogP) is 2.21. The van der Waals surface area contributed by atoms with Gasteiger partial charge in [-0.2, -0.15) is 4.98 Å². The molecule has 0 atom stereocenters. The Labute approximate surface area is 119 Å². The lowest BCUT2D eigenvalue weighted by Gasteiger charge is -2.20. The first-order chi connectivity index (χ1) is 9.24. The van der Waals surface area contributed by atoms with E-state index in [9.17, 15) is 0 Å². The Morgan fingerprint density at radius 3 is 2.95 bits per heavy atom. The van der Waals surface area contributed by atoms with Gasteiger partial charge >= 0.3 is 0 Å². The highest BCUT2D eigenvalue weighted by atomic mass is 79.9. The zero-order valence-electron chi connectivity index (χ0n) is 10.3. The average Bonchev–Trinajstić information content (AvgIpc) is 2.41. The number of nitrogens with two attached hydrogens (primary N) is 1. The zero-order chi connectivity index (χ0) is 13.2. The molecule has 0 bridgehead atoms. The first-order valence-corrected chi connectivity index (χ1v) is 6.91. The van der Waals surface area contributed by atoms with E-state index in [1.165, 1.54) is 0 Å². The topological polar surface area (TPSA) is 75.9 Å². The number of anilines is 3. The average molecular weight is 320 g/mol. The number of nitrogen functional groups attached to an aromatic ring is 1. The highest BCUT2D eigenvalue weighted by Crippen LogP contribution is 2.28. The molecule has 2 heterocycles. The lowest BCUT2D eigenvalue weighted by molar-refractivity contribution is 0.629. The van der Waals surface area contributed by atoms with Crippen molar-refractivity contribution in [3.05, 3.63) is 40.0 Å². The maximum Gasteiger partial charge on any atom is 0.222 e. The van der Waals surface area contributed by atoms with Crippen LogP contribution in [0.1, 0.15) is 11.3 Å². The maximum absolute atomic E-state index is 5.78. The van der Waals surface area contributed by atoms with E-state index in [0.29, 0.717) is 5.95 Å². The highest BCUT2D eigenvalue weighted by Gasteiger charge is 2.17. The van der Waals surface area contributed by atoms with Gasteiger partial charge in [0.05, 0.1) is 11.4 Å². The zero-order valence-corrected chi connectivity index (χ0v) is 11.9. The Balaban J connectivity index is 2.01. The minimum atomic E-state index is 0.315. The number of rotatable bonds is 2.